The van der Waals surface area contributed by atoms with E-state index in [1.807, 2.05) is 0 Å². The Hall–Kier alpha value is -0.120. The molecule has 1 atom stereocenters. The maximum Gasteiger partial charge on any atom is 0.127 e. The van der Waals surface area contributed by atoms with Gasteiger partial charge in [-0.05, 0) is 0 Å². The van der Waals surface area contributed by atoms with Crippen molar-refractivity contribution in [2.45, 2.75) is 5.50 Å². The lowest BCUT2D eigenvalue weighted by Crippen LogP contribution is -2.42. The molecule has 1 aliphatic rings. The lowest BCUT2D eigenvalue weighted by molar-refractivity contribution is 0.601. The van der Waals surface area contributed by atoms with Crippen LogP contribution >= 0.6 is 23.2 Å². The molecule has 9 heavy (non-hydrogen) atoms. The molecule has 0 radical (unpaired) electrons. The lowest BCUT2D eigenvalue weighted by Gasteiger charge is -2.20. The van der Waals surface area contributed by atoms with Gasteiger partial charge >= 0.3 is 0 Å². The summed E-state index contributed by atoms with van der Waals surface area (Å²) in [6.07, 6.45) is 0. The summed E-state index contributed by atoms with van der Waals surface area (Å²) in [5.74, 6) is 0. The van der Waals surface area contributed by atoms with Crippen LogP contribution in [-0.2, 0) is 0 Å². The van der Waals surface area contributed by atoms with Crippen molar-refractivity contribution in [3.8, 4) is 0 Å². The van der Waals surface area contributed by atoms with Gasteiger partial charge in [-0.25, -0.2) is 0 Å². The minimum Gasteiger partial charge on any atom is -0.397 e. The third-order valence-corrected chi connectivity index (χ3v) is 1.79. The molecule has 0 amide bonds. The van der Waals surface area contributed by atoms with Gasteiger partial charge in [0.1, 0.15) is 10.7 Å². The largest absolute Gasteiger partial charge is 0.397 e. The highest BCUT2D eigenvalue weighted by atomic mass is 35.5. The van der Waals surface area contributed by atoms with Crippen LogP contribution in [0.1, 0.15) is 0 Å². The van der Waals surface area contributed by atoms with E-state index in [0.29, 0.717) is 17.5 Å². The SMILES string of the molecule is NC1=C(Cl)NCNC1Cl. The van der Waals surface area contributed by atoms with E-state index in [4.69, 9.17) is 28.9 Å². The predicted octanol–water partition coefficient (Wildman–Crippen LogP) is 0.0682. The summed E-state index contributed by atoms with van der Waals surface area (Å²) >= 11 is 11.2. The Labute approximate surface area is 63.2 Å². The molecular weight excluding hydrogens is 161 g/mol. The van der Waals surface area contributed by atoms with Crippen LogP contribution in [0.15, 0.2) is 10.9 Å². The Morgan fingerprint density at radius 3 is 2.78 bits per heavy atom. The first kappa shape index (κ1) is 6.99. The zero-order valence-corrected chi connectivity index (χ0v) is 6.13. The molecule has 0 saturated carbocycles. The van der Waals surface area contributed by atoms with Gasteiger partial charge in [-0.3, -0.25) is 5.32 Å². The van der Waals surface area contributed by atoms with Crippen LogP contribution < -0.4 is 16.4 Å². The molecule has 1 unspecified atom stereocenters. The average molecular weight is 168 g/mol. The first-order valence-electron chi connectivity index (χ1n) is 2.48. The van der Waals surface area contributed by atoms with Crippen molar-refractivity contribution >= 4 is 23.2 Å². The molecule has 0 bridgehead atoms. The van der Waals surface area contributed by atoms with Gasteiger partial charge in [0, 0.05) is 0 Å². The first-order valence-corrected chi connectivity index (χ1v) is 3.29. The van der Waals surface area contributed by atoms with Crippen LogP contribution in [0.5, 0.6) is 0 Å². The van der Waals surface area contributed by atoms with Crippen molar-refractivity contribution in [3.63, 3.8) is 0 Å². The van der Waals surface area contributed by atoms with Gasteiger partial charge in [-0.1, -0.05) is 23.2 Å². The van der Waals surface area contributed by atoms with Gasteiger partial charge in [0.25, 0.3) is 0 Å². The maximum absolute atomic E-state index is 5.64. The fourth-order valence-corrected chi connectivity index (χ4v) is 0.960. The molecule has 0 aromatic carbocycles. The highest BCUT2D eigenvalue weighted by molar-refractivity contribution is 6.31. The molecule has 0 saturated heterocycles. The van der Waals surface area contributed by atoms with E-state index in [0.717, 1.165) is 0 Å². The number of nitrogens with one attached hydrogen (secondary N) is 2. The molecule has 4 N–H and O–H groups in total. The van der Waals surface area contributed by atoms with Crippen LogP contribution in [0.4, 0.5) is 0 Å². The second-order valence-electron chi connectivity index (χ2n) is 1.69. The van der Waals surface area contributed by atoms with E-state index in [9.17, 15) is 0 Å². The topological polar surface area (TPSA) is 50.1 Å². The smallest absolute Gasteiger partial charge is 0.127 e. The van der Waals surface area contributed by atoms with Crippen LogP contribution in [-0.4, -0.2) is 12.2 Å². The predicted molar refractivity (Wildman–Crippen MR) is 37.8 cm³/mol. The number of hydrogen-bond donors (Lipinski definition) is 3. The molecule has 0 spiro atoms. The van der Waals surface area contributed by atoms with E-state index in [1.54, 1.807) is 0 Å². The van der Waals surface area contributed by atoms with Crippen molar-refractivity contribution < 1.29 is 0 Å². The molecule has 0 aromatic heterocycles. The molecule has 3 nitrogen and oxygen atoms in total. The molecule has 0 aromatic rings. The molecule has 1 rings (SSSR count). The molecule has 52 valence electrons. The third kappa shape index (κ3) is 1.41. The standard InChI is InChI=1S/C4H7Cl2N3/c5-3-2(7)4(6)9-1-8-3/h3,8-9H,1,7H2. The second-order valence-corrected chi connectivity index (χ2v) is 2.50. The summed E-state index contributed by atoms with van der Waals surface area (Å²) in [5, 5.41) is 6.07. The molecule has 1 aliphatic heterocycles. The fraction of sp³-hybridized carbons (Fsp3) is 0.500. The summed E-state index contributed by atoms with van der Waals surface area (Å²) in [6, 6.07) is 0. The van der Waals surface area contributed by atoms with Crippen molar-refractivity contribution in [1.29, 1.82) is 0 Å². The fourth-order valence-electron chi connectivity index (χ4n) is 0.542. The van der Waals surface area contributed by atoms with Gasteiger partial charge in [-0.2, -0.15) is 0 Å². The minimum absolute atomic E-state index is 0.334. The number of halogens is 2. The van der Waals surface area contributed by atoms with Gasteiger partial charge in [0.05, 0.1) is 12.4 Å². The van der Waals surface area contributed by atoms with E-state index in [-0.39, 0.29) is 5.50 Å². The van der Waals surface area contributed by atoms with E-state index >= 15 is 0 Å². The summed E-state index contributed by atoms with van der Waals surface area (Å²) < 4.78 is 0. The molecular formula is C4H7Cl2N3. The zero-order valence-electron chi connectivity index (χ0n) is 4.62. The Bertz CT molecular complexity index is 145. The number of hydrogen-bond acceptors (Lipinski definition) is 3. The number of nitrogens with two attached hydrogens (primary N) is 1. The highest BCUT2D eigenvalue weighted by Gasteiger charge is 2.14. The van der Waals surface area contributed by atoms with Crippen molar-refractivity contribution in [2.75, 3.05) is 6.67 Å². The van der Waals surface area contributed by atoms with E-state index in [1.165, 1.54) is 0 Å². The third-order valence-electron chi connectivity index (χ3n) is 1.05. The van der Waals surface area contributed by atoms with Crippen LogP contribution in [0.2, 0.25) is 0 Å². The van der Waals surface area contributed by atoms with Gasteiger partial charge in [-0.15, -0.1) is 0 Å². The summed E-state index contributed by atoms with van der Waals surface area (Å²) in [6.45, 7) is 0.563. The lowest BCUT2D eigenvalue weighted by atomic mass is 10.4. The van der Waals surface area contributed by atoms with E-state index < -0.39 is 0 Å². The van der Waals surface area contributed by atoms with Gasteiger partial charge in [0.15, 0.2) is 0 Å². The van der Waals surface area contributed by atoms with Crippen molar-refractivity contribution in [3.05, 3.63) is 10.9 Å². The maximum atomic E-state index is 5.64. The molecule has 0 aliphatic carbocycles. The van der Waals surface area contributed by atoms with Gasteiger partial charge in [0.2, 0.25) is 0 Å². The molecule has 5 heteroatoms. The highest BCUT2D eigenvalue weighted by Crippen LogP contribution is 2.10. The quantitative estimate of drug-likeness (QED) is 0.354. The Morgan fingerprint density at radius 1 is 1.67 bits per heavy atom. The summed E-state index contributed by atoms with van der Waals surface area (Å²) in [7, 11) is 0. The van der Waals surface area contributed by atoms with Crippen molar-refractivity contribution in [1.82, 2.24) is 10.6 Å². The number of alkyl halides is 1. The van der Waals surface area contributed by atoms with Crippen molar-refractivity contribution in [2.24, 2.45) is 5.73 Å². The van der Waals surface area contributed by atoms with E-state index in [2.05, 4.69) is 10.6 Å². The monoisotopic (exact) mass is 167 g/mol. The minimum atomic E-state index is -0.334. The summed E-state index contributed by atoms with van der Waals surface area (Å²) in [4.78, 5) is 0. The Morgan fingerprint density at radius 2 is 2.33 bits per heavy atom. The van der Waals surface area contributed by atoms with Crippen LogP contribution in [0.25, 0.3) is 0 Å². The molecule has 1 heterocycles. The normalized spacial score (nSPS) is 28.0. The number of rotatable bonds is 0. The zero-order chi connectivity index (χ0) is 6.85. The average Bonchev–Trinajstić information content (AvgIpc) is 1.83. The summed E-state index contributed by atoms with van der Waals surface area (Å²) in [5.41, 5.74) is 5.53. The Kier molecular flexibility index (Phi) is 2.05. The van der Waals surface area contributed by atoms with Crippen LogP contribution in [0, 0.1) is 0 Å². The first-order chi connectivity index (χ1) is 4.22. The second kappa shape index (κ2) is 2.64. The Balaban J connectivity index is 2.72. The van der Waals surface area contributed by atoms with Gasteiger partial charge < -0.3 is 11.1 Å². The molecule has 0 fully saturated rings. The van der Waals surface area contributed by atoms with Crippen LogP contribution in [0.3, 0.4) is 0 Å².